The fourth-order valence-electron chi connectivity index (χ4n) is 5.60. The van der Waals surface area contributed by atoms with Crippen LogP contribution < -0.4 is 5.32 Å². The number of carbonyl (C=O) groups excluding carboxylic acids is 1. The van der Waals surface area contributed by atoms with Gasteiger partial charge in [0.05, 0.1) is 22.7 Å². The van der Waals surface area contributed by atoms with E-state index >= 15 is 8.78 Å². The highest BCUT2D eigenvalue weighted by Gasteiger charge is 2.60. The summed E-state index contributed by atoms with van der Waals surface area (Å²) in [6, 6.07) is 14.2. The molecule has 0 spiro atoms. The number of carbonyl (C=O) groups is 2. The van der Waals surface area contributed by atoms with Gasteiger partial charge in [0.15, 0.2) is 0 Å². The lowest BCUT2D eigenvalue weighted by molar-refractivity contribution is 0.0697. The number of rotatable bonds is 5. The van der Waals surface area contributed by atoms with E-state index in [4.69, 9.17) is 23.2 Å². The summed E-state index contributed by atoms with van der Waals surface area (Å²) in [4.78, 5) is 26.6. The average Bonchev–Trinajstić information content (AvgIpc) is 3.18. The third-order valence-corrected chi connectivity index (χ3v) is 7.65. The summed E-state index contributed by atoms with van der Waals surface area (Å²) in [6.07, 6.45) is 0.388. The maximum absolute atomic E-state index is 15.7. The van der Waals surface area contributed by atoms with Gasteiger partial charge in [-0.3, -0.25) is 0 Å². The lowest BCUT2D eigenvalue weighted by atomic mass is 9.63. The molecule has 1 aliphatic rings. The monoisotopic (exact) mass is 585 g/mol. The molecule has 1 fully saturated rings. The first-order chi connectivity index (χ1) is 18.8. The molecule has 3 aromatic rings. The predicted octanol–water partition coefficient (Wildman–Crippen LogP) is 8.07. The summed E-state index contributed by atoms with van der Waals surface area (Å²) >= 11 is 12.2. The number of likely N-dealkylation sites (tertiary alicyclic amines) is 1. The number of hydrogen-bond donors (Lipinski definition) is 2. The lowest BCUT2D eigenvalue weighted by Crippen LogP contribution is -2.42. The Balaban J connectivity index is 1.95. The molecule has 3 aromatic carbocycles. The molecule has 0 bridgehead atoms. The number of aromatic carboxylic acids is 1. The van der Waals surface area contributed by atoms with Gasteiger partial charge in [-0.2, -0.15) is 5.26 Å². The second kappa shape index (κ2) is 11.1. The van der Waals surface area contributed by atoms with E-state index in [0.29, 0.717) is 6.42 Å². The van der Waals surface area contributed by atoms with E-state index in [2.05, 4.69) is 11.4 Å². The zero-order valence-corrected chi connectivity index (χ0v) is 23.5. The van der Waals surface area contributed by atoms with E-state index in [1.807, 2.05) is 20.8 Å². The van der Waals surface area contributed by atoms with Crippen molar-refractivity contribution < 1.29 is 23.5 Å². The molecular formula is C30H27Cl2F2N3O3. The SMILES string of the molecule is CC(C)(C)CC1CN(C(=O)Nc2cccc(C(=O)O)c2)C(c2cccc(Cl)c2F)C1(C#N)c1ccc(Cl)cc1F. The van der Waals surface area contributed by atoms with Gasteiger partial charge in [0.1, 0.15) is 17.0 Å². The quantitative estimate of drug-likeness (QED) is 0.316. The van der Waals surface area contributed by atoms with Crippen LogP contribution >= 0.6 is 23.2 Å². The average molecular weight is 586 g/mol. The fraction of sp³-hybridized carbons (Fsp3) is 0.300. The maximum atomic E-state index is 15.7. The van der Waals surface area contributed by atoms with Crippen molar-refractivity contribution in [3.05, 3.63) is 99.0 Å². The van der Waals surface area contributed by atoms with Gasteiger partial charge in [0, 0.05) is 34.3 Å². The first-order valence-corrected chi connectivity index (χ1v) is 13.3. The van der Waals surface area contributed by atoms with Crippen molar-refractivity contribution in [2.45, 2.75) is 38.6 Å². The molecule has 2 N–H and O–H groups in total. The van der Waals surface area contributed by atoms with Gasteiger partial charge in [-0.05, 0) is 48.2 Å². The minimum absolute atomic E-state index is 0.0128. The normalized spacial score (nSPS) is 20.7. The third kappa shape index (κ3) is 5.49. The summed E-state index contributed by atoms with van der Waals surface area (Å²) < 4.78 is 31.4. The van der Waals surface area contributed by atoms with Gasteiger partial charge < -0.3 is 15.3 Å². The van der Waals surface area contributed by atoms with Crippen LogP contribution in [0.1, 0.15) is 54.7 Å². The van der Waals surface area contributed by atoms with Crippen molar-refractivity contribution in [3.63, 3.8) is 0 Å². The highest BCUT2D eigenvalue weighted by molar-refractivity contribution is 6.31. The minimum atomic E-state index is -1.73. The Kier molecular flexibility index (Phi) is 8.11. The molecule has 40 heavy (non-hydrogen) atoms. The van der Waals surface area contributed by atoms with Crippen LogP contribution in [0.25, 0.3) is 0 Å². The molecule has 6 nitrogen and oxygen atoms in total. The molecule has 3 unspecified atom stereocenters. The molecule has 0 saturated carbocycles. The van der Waals surface area contributed by atoms with Crippen LogP contribution in [0, 0.1) is 34.3 Å². The van der Waals surface area contributed by atoms with Crippen molar-refractivity contribution >= 4 is 40.9 Å². The number of carboxylic acid groups (broad SMARTS) is 1. The molecule has 0 aliphatic carbocycles. The molecule has 1 aliphatic heterocycles. The van der Waals surface area contributed by atoms with E-state index in [0.717, 1.165) is 6.07 Å². The lowest BCUT2D eigenvalue weighted by Gasteiger charge is -2.38. The second-order valence-electron chi connectivity index (χ2n) is 11.1. The van der Waals surface area contributed by atoms with Gasteiger partial charge in [0.2, 0.25) is 0 Å². The molecular weight excluding hydrogens is 559 g/mol. The van der Waals surface area contributed by atoms with Crippen LogP contribution in [0.15, 0.2) is 60.7 Å². The second-order valence-corrected chi connectivity index (χ2v) is 11.9. The van der Waals surface area contributed by atoms with Crippen LogP contribution in [-0.2, 0) is 5.41 Å². The number of nitrogens with zero attached hydrogens (tertiary/aromatic N) is 2. The smallest absolute Gasteiger partial charge is 0.335 e. The Morgan fingerprint density at radius 1 is 1.12 bits per heavy atom. The van der Waals surface area contributed by atoms with E-state index in [9.17, 15) is 20.0 Å². The van der Waals surface area contributed by atoms with Gasteiger partial charge in [-0.15, -0.1) is 0 Å². The number of amides is 2. The predicted molar refractivity (Wildman–Crippen MR) is 150 cm³/mol. The highest BCUT2D eigenvalue weighted by Crippen LogP contribution is 2.56. The van der Waals surface area contributed by atoms with Gasteiger partial charge in [-0.1, -0.05) is 68.2 Å². The van der Waals surface area contributed by atoms with Gasteiger partial charge in [-0.25, -0.2) is 18.4 Å². The highest BCUT2D eigenvalue weighted by atomic mass is 35.5. The van der Waals surface area contributed by atoms with Crippen LogP contribution in [0.2, 0.25) is 10.0 Å². The van der Waals surface area contributed by atoms with Crippen molar-refractivity contribution in [1.29, 1.82) is 5.26 Å². The molecule has 208 valence electrons. The summed E-state index contributed by atoms with van der Waals surface area (Å²) in [5.74, 6) is -3.39. The molecule has 3 atom stereocenters. The first-order valence-electron chi connectivity index (χ1n) is 12.5. The molecule has 0 radical (unpaired) electrons. The Morgan fingerprint density at radius 2 is 1.82 bits per heavy atom. The third-order valence-electron chi connectivity index (χ3n) is 7.12. The molecule has 1 heterocycles. The molecule has 0 aromatic heterocycles. The largest absolute Gasteiger partial charge is 0.478 e. The Morgan fingerprint density at radius 3 is 2.45 bits per heavy atom. The minimum Gasteiger partial charge on any atom is -0.478 e. The van der Waals surface area contributed by atoms with Crippen LogP contribution in [-0.4, -0.2) is 28.6 Å². The van der Waals surface area contributed by atoms with Crippen molar-refractivity contribution in [1.82, 2.24) is 4.90 Å². The van der Waals surface area contributed by atoms with Crippen LogP contribution in [0.4, 0.5) is 19.3 Å². The summed E-state index contributed by atoms with van der Waals surface area (Å²) in [6.45, 7) is 5.86. The number of hydrogen-bond acceptors (Lipinski definition) is 3. The Bertz CT molecular complexity index is 1520. The standard InChI is InChI=1S/C30H27Cl2F2N3O3/c1-29(2,3)14-18-15-37(28(40)36-20-7-4-6-17(12-20)27(38)39)26(21-8-5-9-23(32)25(21)34)30(18,16-35)22-11-10-19(31)13-24(22)33/h4-13,18,26H,14-15H2,1-3H3,(H,36,40)(H,38,39). The Labute approximate surface area is 241 Å². The van der Waals surface area contributed by atoms with Crippen LogP contribution in [0.5, 0.6) is 0 Å². The molecule has 1 saturated heterocycles. The number of benzene rings is 3. The van der Waals surface area contributed by atoms with E-state index < -0.39 is 41.0 Å². The zero-order chi connectivity index (χ0) is 29.4. The van der Waals surface area contributed by atoms with Gasteiger partial charge in [0.25, 0.3) is 0 Å². The number of anilines is 1. The molecule has 4 rings (SSSR count). The summed E-state index contributed by atoms with van der Waals surface area (Å²) in [7, 11) is 0. The zero-order valence-electron chi connectivity index (χ0n) is 22.0. The van der Waals surface area contributed by atoms with E-state index in [-0.39, 0.29) is 44.4 Å². The number of urea groups is 1. The first kappa shape index (κ1) is 29.3. The number of halogens is 4. The number of nitrogens with one attached hydrogen (secondary N) is 1. The van der Waals surface area contributed by atoms with Crippen molar-refractivity contribution in [2.24, 2.45) is 11.3 Å². The summed E-state index contributed by atoms with van der Waals surface area (Å²) in [5.41, 5.74) is -2.00. The topological polar surface area (TPSA) is 93.4 Å². The van der Waals surface area contributed by atoms with E-state index in [1.165, 1.54) is 59.5 Å². The molecule has 10 heteroatoms. The summed E-state index contributed by atoms with van der Waals surface area (Å²) in [5, 5.41) is 22.8. The van der Waals surface area contributed by atoms with E-state index in [1.54, 1.807) is 0 Å². The van der Waals surface area contributed by atoms with Crippen molar-refractivity contribution in [3.8, 4) is 6.07 Å². The number of carboxylic acids is 1. The maximum Gasteiger partial charge on any atom is 0.335 e. The number of nitriles is 1. The Hall–Kier alpha value is -3.67. The van der Waals surface area contributed by atoms with Gasteiger partial charge >= 0.3 is 12.0 Å². The van der Waals surface area contributed by atoms with Crippen LogP contribution in [0.3, 0.4) is 0 Å². The van der Waals surface area contributed by atoms with Crippen molar-refractivity contribution in [2.75, 3.05) is 11.9 Å². The molecule has 2 amide bonds. The fourth-order valence-corrected chi connectivity index (χ4v) is 5.94.